The highest BCUT2D eigenvalue weighted by molar-refractivity contribution is 5.81. The van der Waals surface area contributed by atoms with Gasteiger partial charge < -0.3 is 10.2 Å². The molecule has 0 aromatic carbocycles. The lowest BCUT2D eigenvalue weighted by atomic mass is 9.94. The van der Waals surface area contributed by atoms with Gasteiger partial charge in [-0.2, -0.15) is 0 Å². The minimum atomic E-state index is -0.447. The van der Waals surface area contributed by atoms with Crippen molar-refractivity contribution in [2.24, 2.45) is 5.41 Å². The lowest BCUT2D eigenvalue weighted by Gasteiger charge is -2.40. The van der Waals surface area contributed by atoms with Crippen molar-refractivity contribution in [2.75, 3.05) is 18.0 Å². The Labute approximate surface area is 105 Å². The average molecular weight is 252 g/mol. The highest BCUT2D eigenvalue weighted by atomic mass is 19.1. The summed E-state index contributed by atoms with van der Waals surface area (Å²) in [5, 5.41) is 2.96. The Bertz CT molecular complexity index is 434. The topological polar surface area (TPSA) is 58.1 Å². The average Bonchev–Trinajstić information content (AvgIpc) is 2.23. The van der Waals surface area contributed by atoms with E-state index >= 15 is 0 Å². The SMILES string of the molecule is CC(C)(C)C(=O)NC1CN(c2ncc(F)cn2)C1. The predicted octanol–water partition coefficient (Wildman–Crippen LogP) is 0.967. The molecule has 1 aliphatic rings. The summed E-state index contributed by atoms with van der Waals surface area (Å²) < 4.78 is 12.7. The first-order chi connectivity index (χ1) is 8.36. The molecule has 1 aromatic heterocycles. The second-order valence-electron chi connectivity index (χ2n) is 5.53. The number of hydrogen-bond acceptors (Lipinski definition) is 4. The normalized spacial score (nSPS) is 16.3. The van der Waals surface area contributed by atoms with Gasteiger partial charge in [0.1, 0.15) is 0 Å². The number of carbonyl (C=O) groups excluding carboxylic acids is 1. The molecule has 2 heterocycles. The molecule has 0 saturated carbocycles. The molecular formula is C12H17FN4O. The minimum Gasteiger partial charge on any atom is -0.349 e. The van der Waals surface area contributed by atoms with E-state index in [0.29, 0.717) is 19.0 Å². The lowest BCUT2D eigenvalue weighted by molar-refractivity contribution is -0.129. The van der Waals surface area contributed by atoms with Crippen molar-refractivity contribution < 1.29 is 9.18 Å². The monoisotopic (exact) mass is 252 g/mol. The van der Waals surface area contributed by atoms with Crippen molar-refractivity contribution in [1.82, 2.24) is 15.3 Å². The maximum Gasteiger partial charge on any atom is 0.225 e. The molecule has 18 heavy (non-hydrogen) atoms. The molecule has 0 radical (unpaired) electrons. The summed E-state index contributed by atoms with van der Waals surface area (Å²) >= 11 is 0. The van der Waals surface area contributed by atoms with Gasteiger partial charge in [-0.25, -0.2) is 14.4 Å². The van der Waals surface area contributed by atoms with E-state index in [1.54, 1.807) is 0 Å². The van der Waals surface area contributed by atoms with Crippen LogP contribution in [0.5, 0.6) is 0 Å². The molecule has 1 N–H and O–H groups in total. The second kappa shape index (κ2) is 4.51. The summed E-state index contributed by atoms with van der Waals surface area (Å²) in [7, 11) is 0. The number of carbonyl (C=O) groups is 1. The summed E-state index contributed by atoms with van der Waals surface area (Å²) in [6.45, 7) is 6.95. The number of rotatable bonds is 2. The predicted molar refractivity (Wildman–Crippen MR) is 65.6 cm³/mol. The minimum absolute atomic E-state index is 0.0344. The van der Waals surface area contributed by atoms with E-state index in [1.807, 2.05) is 25.7 Å². The Morgan fingerprint density at radius 2 is 1.94 bits per heavy atom. The molecule has 1 saturated heterocycles. The fourth-order valence-electron chi connectivity index (χ4n) is 1.60. The van der Waals surface area contributed by atoms with Crippen LogP contribution in [-0.2, 0) is 4.79 Å². The van der Waals surface area contributed by atoms with E-state index in [0.717, 1.165) is 12.4 Å². The van der Waals surface area contributed by atoms with E-state index in [2.05, 4.69) is 15.3 Å². The van der Waals surface area contributed by atoms with Gasteiger partial charge in [0.15, 0.2) is 5.82 Å². The fourth-order valence-corrected chi connectivity index (χ4v) is 1.60. The molecule has 98 valence electrons. The van der Waals surface area contributed by atoms with Crippen LogP contribution in [0.15, 0.2) is 12.4 Å². The van der Waals surface area contributed by atoms with Crippen LogP contribution >= 0.6 is 0 Å². The van der Waals surface area contributed by atoms with Gasteiger partial charge in [-0.15, -0.1) is 0 Å². The van der Waals surface area contributed by atoms with Crippen LogP contribution < -0.4 is 10.2 Å². The third kappa shape index (κ3) is 2.75. The molecule has 0 spiro atoms. The number of nitrogens with one attached hydrogen (secondary N) is 1. The smallest absolute Gasteiger partial charge is 0.225 e. The molecule has 0 unspecified atom stereocenters. The van der Waals surface area contributed by atoms with E-state index < -0.39 is 5.82 Å². The summed E-state index contributed by atoms with van der Waals surface area (Å²) in [4.78, 5) is 21.4. The summed E-state index contributed by atoms with van der Waals surface area (Å²) in [5.41, 5.74) is -0.382. The zero-order valence-electron chi connectivity index (χ0n) is 10.8. The molecule has 1 amide bonds. The molecule has 1 aromatic rings. The fraction of sp³-hybridized carbons (Fsp3) is 0.583. The Balaban J connectivity index is 1.84. The van der Waals surface area contributed by atoms with Crippen molar-refractivity contribution in [3.63, 3.8) is 0 Å². The van der Waals surface area contributed by atoms with Crippen LogP contribution in [0.2, 0.25) is 0 Å². The molecular weight excluding hydrogens is 235 g/mol. The number of nitrogens with zero attached hydrogens (tertiary/aromatic N) is 3. The van der Waals surface area contributed by atoms with Crippen LogP contribution in [0.25, 0.3) is 0 Å². The molecule has 0 aliphatic carbocycles. The van der Waals surface area contributed by atoms with Gasteiger partial charge in [0, 0.05) is 18.5 Å². The second-order valence-corrected chi connectivity index (χ2v) is 5.53. The Kier molecular flexibility index (Phi) is 3.19. The van der Waals surface area contributed by atoms with Gasteiger partial charge >= 0.3 is 0 Å². The first-order valence-corrected chi connectivity index (χ1v) is 5.90. The van der Waals surface area contributed by atoms with Gasteiger partial charge in [-0.3, -0.25) is 4.79 Å². The number of anilines is 1. The van der Waals surface area contributed by atoms with Gasteiger partial charge in [-0.1, -0.05) is 20.8 Å². The number of aromatic nitrogens is 2. The van der Waals surface area contributed by atoms with Crippen LogP contribution in [0, 0.1) is 11.2 Å². The van der Waals surface area contributed by atoms with Crippen molar-refractivity contribution in [3.8, 4) is 0 Å². The Morgan fingerprint density at radius 1 is 1.39 bits per heavy atom. The standard InChI is InChI=1S/C12H17FN4O/c1-12(2,3)10(18)16-9-6-17(7-9)11-14-4-8(13)5-15-11/h4-5,9H,6-7H2,1-3H3,(H,16,18). The molecule has 1 aliphatic heterocycles. The Morgan fingerprint density at radius 3 is 2.44 bits per heavy atom. The van der Waals surface area contributed by atoms with Crippen molar-refractivity contribution >= 4 is 11.9 Å². The van der Waals surface area contributed by atoms with E-state index in [9.17, 15) is 9.18 Å². The molecule has 1 fully saturated rings. The zero-order valence-corrected chi connectivity index (χ0v) is 10.8. The first kappa shape index (κ1) is 12.7. The number of halogens is 1. The molecule has 2 rings (SSSR count). The van der Waals surface area contributed by atoms with Crippen LogP contribution in [0.3, 0.4) is 0 Å². The number of hydrogen-bond donors (Lipinski definition) is 1. The maximum absolute atomic E-state index is 12.7. The van der Waals surface area contributed by atoms with Crippen molar-refractivity contribution in [1.29, 1.82) is 0 Å². The largest absolute Gasteiger partial charge is 0.349 e. The lowest BCUT2D eigenvalue weighted by Crippen LogP contribution is -2.61. The van der Waals surface area contributed by atoms with Gasteiger partial charge in [-0.05, 0) is 0 Å². The Hall–Kier alpha value is -1.72. The third-order valence-electron chi connectivity index (χ3n) is 2.79. The maximum atomic E-state index is 12.7. The molecule has 0 bridgehead atoms. The number of amides is 1. The highest BCUT2D eigenvalue weighted by Gasteiger charge is 2.32. The molecule has 6 heteroatoms. The third-order valence-corrected chi connectivity index (χ3v) is 2.79. The summed E-state index contributed by atoms with van der Waals surface area (Å²) in [6.07, 6.45) is 2.28. The van der Waals surface area contributed by atoms with Crippen LogP contribution in [0.4, 0.5) is 10.3 Å². The highest BCUT2D eigenvalue weighted by Crippen LogP contribution is 2.18. The van der Waals surface area contributed by atoms with Crippen LogP contribution in [-0.4, -0.2) is 35.0 Å². The molecule has 5 nitrogen and oxygen atoms in total. The quantitative estimate of drug-likeness (QED) is 0.852. The van der Waals surface area contributed by atoms with Crippen molar-refractivity contribution in [2.45, 2.75) is 26.8 Å². The van der Waals surface area contributed by atoms with Gasteiger partial charge in [0.25, 0.3) is 0 Å². The molecule has 0 atom stereocenters. The van der Waals surface area contributed by atoms with E-state index in [4.69, 9.17) is 0 Å². The van der Waals surface area contributed by atoms with E-state index in [1.165, 1.54) is 0 Å². The van der Waals surface area contributed by atoms with Gasteiger partial charge in [0.2, 0.25) is 11.9 Å². The summed E-state index contributed by atoms with van der Waals surface area (Å²) in [6, 6.07) is 0.116. The van der Waals surface area contributed by atoms with Gasteiger partial charge in [0.05, 0.1) is 18.4 Å². The van der Waals surface area contributed by atoms with Crippen molar-refractivity contribution in [3.05, 3.63) is 18.2 Å². The van der Waals surface area contributed by atoms with E-state index in [-0.39, 0.29) is 17.4 Å². The zero-order chi connectivity index (χ0) is 13.3. The summed E-state index contributed by atoms with van der Waals surface area (Å²) in [5.74, 6) is 0.0849. The first-order valence-electron chi connectivity index (χ1n) is 5.90. The van der Waals surface area contributed by atoms with Crippen LogP contribution in [0.1, 0.15) is 20.8 Å².